The van der Waals surface area contributed by atoms with E-state index in [-0.39, 0.29) is 0 Å². The SMILES string of the molecule is CCCC[NH3+].CCCC[NH3+].CCCC[NH3+].CCCC[NH3+].[O-][Ti]([O-])([O-])[O-]. The fraction of sp³-hybridized carbons (Fsp3) is 1.00. The molecule has 0 saturated carbocycles. The second-order valence-corrected chi connectivity index (χ2v) is 6.89. The van der Waals surface area contributed by atoms with Crippen LogP contribution >= 0.6 is 0 Å². The summed E-state index contributed by atoms with van der Waals surface area (Å²) in [5.41, 5.74) is 14.7. The van der Waals surface area contributed by atoms with E-state index in [1.54, 1.807) is 0 Å². The molecular weight excluding hydrogens is 360 g/mol. The number of hydrogen-bond donors (Lipinski definition) is 4. The summed E-state index contributed by atoms with van der Waals surface area (Å²) in [5, 5.41) is 0. The molecule has 0 rings (SSSR count). The molecule has 0 bridgehead atoms. The van der Waals surface area contributed by atoms with Crippen LogP contribution in [0.15, 0.2) is 0 Å². The molecule has 0 amide bonds. The van der Waals surface area contributed by atoms with Gasteiger partial charge in [0.25, 0.3) is 0 Å². The summed E-state index contributed by atoms with van der Waals surface area (Å²) in [7, 11) is 0. The average Bonchev–Trinajstić information content (AvgIpc) is 2.51. The minimum absolute atomic E-state index is 1.09. The molecule has 12 N–H and O–H groups in total. The zero-order chi connectivity index (χ0) is 21.0. The second-order valence-electron chi connectivity index (χ2n) is 5.33. The van der Waals surface area contributed by atoms with Crippen LogP contribution in [0.25, 0.3) is 0 Å². The fourth-order valence-electron chi connectivity index (χ4n) is 1.000. The standard InChI is InChI=1S/4C4H11N.4O.Ti/c4*1-2-3-4-5;;;;;/h4*2-5H2,1H3;;;;;/q;;;;4*-1;/p+4. The van der Waals surface area contributed by atoms with Gasteiger partial charge in [0, 0.05) is 0 Å². The van der Waals surface area contributed by atoms with Crippen molar-refractivity contribution in [2.24, 2.45) is 0 Å². The molecule has 25 heavy (non-hydrogen) atoms. The summed E-state index contributed by atoms with van der Waals surface area (Å²) in [6.45, 7) is 13.1. The Morgan fingerprint density at radius 2 is 0.600 bits per heavy atom. The van der Waals surface area contributed by atoms with Gasteiger partial charge in [-0.25, -0.2) is 0 Å². The van der Waals surface area contributed by atoms with E-state index in [9.17, 15) is 0 Å². The van der Waals surface area contributed by atoms with Crippen LogP contribution in [0.2, 0.25) is 0 Å². The van der Waals surface area contributed by atoms with Gasteiger partial charge in [0.1, 0.15) is 0 Å². The van der Waals surface area contributed by atoms with E-state index in [0.717, 1.165) is 26.2 Å². The van der Waals surface area contributed by atoms with Crippen molar-refractivity contribution in [2.45, 2.75) is 79.1 Å². The van der Waals surface area contributed by atoms with Gasteiger partial charge in [-0.1, -0.05) is 53.4 Å². The Balaban J connectivity index is -0.0000000667. The van der Waals surface area contributed by atoms with E-state index in [1.165, 1.54) is 51.4 Å². The Labute approximate surface area is 161 Å². The Bertz CT molecular complexity index is 139. The van der Waals surface area contributed by atoms with Gasteiger partial charge in [0.05, 0.1) is 26.2 Å². The molecule has 160 valence electrons. The van der Waals surface area contributed by atoms with E-state index in [2.05, 4.69) is 50.6 Å². The van der Waals surface area contributed by atoms with E-state index >= 15 is 0 Å². The van der Waals surface area contributed by atoms with Crippen molar-refractivity contribution in [1.82, 2.24) is 0 Å². The quantitative estimate of drug-likeness (QED) is 0.292. The number of unbranched alkanes of at least 4 members (excludes halogenated alkanes) is 4. The van der Waals surface area contributed by atoms with Crippen molar-refractivity contribution in [1.29, 1.82) is 0 Å². The van der Waals surface area contributed by atoms with Crippen LogP contribution in [0.3, 0.4) is 0 Å². The minimum atomic E-state index is -6.00. The summed E-state index contributed by atoms with van der Waals surface area (Å²) >= 11 is -6.00. The first-order valence-corrected chi connectivity index (χ1v) is 12.2. The molecule has 0 radical (unpaired) electrons. The molecule has 9 heteroatoms. The third-order valence-electron chi connectivity index (χ3n) is 2.41. The Kier molecular flexibility index (Phi) is 57.3. The molecular formula is C16H48N4O4Ti. The van der Waals surface area contributed by atoms with Gasteiger partial charge in [-0.15, -0.1) is 0 Å². The predicted octanol–water partition coefficient (Wildman–Crippen LogP) is -4.64. The van der Waals surface area contributed by atoms with Crippen LogP contribution in [0, 0.1) is 0 Å². The van der Waals surface area contributed by atoms with Gasteiger partial charge in [0.2, 0.25) is 0 Å². The topological polar surface area (TPSA) is 203 Å². The molecule has 0 atom stereocenters. The fourth-order valence-corrected chi connectivity index (χ4v) is 1.000. The maximum absolute atomic E-state index is 8.62. The van der Waals surface area contributed by atoms with Crippen LogP contribution in [0.1, 0.15) is 79.1 Å². The normalized spacial score (nSPS) is 9.12. The summed E-state index contributed by atoms with van der Waals surface area (Å²) < 4.78 is 34.5. The molecule has 0 aromatic heterocycles. The Morgan fingerprint density at radius 1 is 0.480 bits per heavy atom. The summed E-state index contributed by atoms with van der Waals surface area (Å²) in [5.74, 6) is 0. The third-order valence-corrected chi connectivity index (χ3v) is 2.41. The van der Waals surface area contributed by atoms with Crippen LogP contribution in [-0.2, 0) is 18.1 Å². The van der Waals surface area contributed by atoms with Crippen molar-refractivity contribution < 1.29 is 55.8 Å². The van der Waals surface area contributed by atoms with Gasteiger partial charge >= 0.3 is 32.9 Å². The summed E-state index contributed by atoms with van der Waals surface area (Å²) in [4.78, 5) is 0. The monoisotopic (exact) mass is 408 g/mol. The van der Waals surface area contributed by atoms with Gasteiger partial charge < -0.3 is 22.9 Å². The molecule has 0 aliphatic rings. The van der Waals surface area contributed by atoms with Crippen LogP contribution in [0.5, 0.6) is 0 Å². The van der Waals surface area contributed by atoms with Gasteiger partial charge in [-0.05, 0) is 25.7 Å². The van der Waals surface area contributed by atoms with Crippen molar-refractivity contribution >= 4 is 0 Å². The van der Waals surface area contributed by atoms with Crippen LogP contribution in [-0.4, -0.2) is 26.2 Å². The zero-order valence-corrected chi connectivity index (χ0v) is 19.0. The van der Waals surface area contributed by atoms with Gasteiger partial charge in [-0.3, -0.25) is 0 Å². The summed E-state index contributed by atoms with van der Waals surface area (Å²) in [6, 6.07) is 0. The number of hydrogen-bond acceptors (Lipinski definition) is 4. The molecule has 0 saturated heterocycles. The second kappa shape index (κ2) is 39.5. The van der Waals surface area contributed by atoms with E-state index in [4.69, 9.17) is 14.8 Å². The van der Waals surface area contributed by atoms with Crippen molar-refractivity contribution in [2.75, 3.05) is 26.2 Å². The predicted molar refractivity (Wildman–Crippen MR) is 90.7 cm³/mol. The number of quaternary nitrogens is 4. The molecule has 0 aromatic rings. The van der Waals surface area contributed by atoms with Crippen molar-refractivity contribution in [3.63, 3.8) is 0 Å². The maximum atomic E-state index is 8.62. The zero-order valence-electron chi connectivity index (χ0n) is 17.4. The van der Waals surface area contributed by atoms with E-state index < -0.39 is 18.1 Å². The first-order valence-electron chi connectivity index (χ1n) is 9.64. The summed E-state index contributed by atoms with van der Waals surface area (Å²) in [6.07, 6.45) is 10.2. The number of rotatable bonds is 8. The van der Waals surface area contributed by atoms with E-state index in [1.807, 2.05) is 0 Å². The molecule has 0 aliphatic heterocycles. The Hall–Kier alpha value is 0.394. The molecule has 0 aromatic carbocycles. The average molecular weight is 408 g/mol. The van der Waals surface area contributed by atoms with Crippen molar-refractivity contribution in [3.8, 4) is 0 Å². The first kappa shape index (κ1) is 36.3. The third kappa shape index (κ3) is 174. The molecule has 0 heterocycles. The van der Waals surface area contributed by atoms with Crippen LogP contribution in [0.4, 0.5) is 0 Å². The Morgan fingerprint density at radius 3 is 0.600 bits per heavy atom. The molecule has 8 nitrogen and oxygen atoms in total. The van der Waals surface area contributed by atoms with Gasteiger partial charge in [0.15, 0.2) is 0 Å². The van der Waals surface area contributed by atoms with E-state index in [0.29, 0.717) is 0 Å². The first-order chi connectivity index (χ1) is 11.7. The molecule has 0 fully saturated rings. The van der Waals surface area contributed by atoms with Crippen molar-refractivity contribution in [3.05, 3.63) is 0 Å². The molecule has 0 aliphatic carbocycles. The molecule has 0 spiro atoms. The molecule has 0 unspecified atom stereocenters. The van der Waals surface area contributed by atoms with Crippen LogP contribution < -0.4 is 37.7 Å². The van der Waals surface area contributed by atoms with Gasteiger partial charge in [-0.2, -0.15) is 0 Å².